The van der Waals surface area contributed by atoms with Crippen LogP contribution in [0.3, 0.4) is 0 Å². The minimum atomic E-state index is -0.647. The molecule has 0 heterocycles. The minimum Gasteiger partial charge on any atom is -0.0985 e. The molecular formula is C28H33P. The Labute approximate surface area is 178 Å². The lowest BCUT2D eigenvalue weighted by atomic mass is 10.1. The van der Waals surface area contributed by atoms with Crippen LogP contribution in [-0.2, 0) is 0 Å². The van der Waals surface area contributed by atoms with Gasteiger partial charge in [0, 0.05) is 0 Å². The lowest BCUT2D eigenvalue weighted by Crippen LogP contribution is -2.30. The van der Waals surface area contributed by atoms with Gasteiger partial charge in [-0.15, -0.1) is 0 Å². The number of benzene rings is 3. The van der Waals surface area contributed by atoms with Crippen LogP contribution in [0, 0.1) is 55.4 Å². The minimum absolute atomic E-state index is 0.647. The van der Waals surface area contributed by atoms with E-state index < -0.39 is 7.92 Å². The highest BCUT2D eigenvalue weighted by Gasteiger charge is 2.26. The molecule has 3 rings (SSSR count). The summed E-state index contributed by atoms with van der Waals surface area (Å²) < 4.78 is 0. The van der Waals surface area contributed by atoms with Crippen molar-refractivity contribution in [2.75, 3.05) is 0 Å². The standard InChI is InChI=1S/C28H33P/c1-10-25-15-23(8)28(24(9)16-25)29(26-19(4)11-17(2)12-20(26)5)27-21(6)13-18(3)14-22(27)7/h10-16H,1H2,2-9H3. The van der Waals surface area contributed by atoms with Gasteiger partial charge in [-0.2, -0.15) is 0 Å². The summed E-state index contributed by atoms with van der Waals surface area (Å²) in [5, 5.41) is 4.52. The van der Waals surface area contributed by atoms with Crippen LogP contribution in [-0.4, -0.2) is 0 Å². The highest BCUT2D eigenvalue weighted by atomic mass is 31.1. The van der Waals surface area contributed by atoms with E-state index >= 15 is 0 Å². The third-order valence-electron chi connectivity index (χ3n) is 5.69. The summed E-state index contributed by atoms with van der Waals surface area (Å²) in [5.41, 5.74) is 12.2. The number of hydrogen-bond donors (Lipinski definition) is 0. The molecule has 3 aromatic carbocycles. The van der Waals surface area contributed by atoms with E-state index in [0.717, 1.165) is 0 Å². The van der Waals surface area contributed by atoms with Gasteiger partial charge in [-0.1, -0.05) is 60.2 Å². The zero-order valence-electron chi connectivity index (χ0n) is 19.2. The van der Waals surface area contributed by atoms with Gasteiger partial charge in [0.05, 0.1) is 0 Å². The summed E-state index contributed by atoms with van der Waals surface area (Å²) in [4.78, 5) is 0. The fraction of sp³-hybridized carbons (Fsp3) is 0.286. The van der Waals surface area contributed by atoms with Crippen molar-refractivity contribution < 1.29 is 0 Å². The van der Waals surface area contributed by atoms with Crippen LogP contribution in [0.4, 0.5) is 0 Å². The van der Waals surface area contributed by atoms with E-state index in [4.69, 9.17) is 0 Å². The van der Waals surface area contributed by atoms with Crippen molar-refractivity contribution in [3.8, 4) is 0 Å². The van der Waals surface area contributed by atoms with Gasteiger partial charge >= 0.3 is 0 Å². The van der Waals surface area contributed by atoms with Crippen LogP contribution in [0.5, 0.6) is 0 Å². The summed E-state index contributed by atoms with van der Waals surface area (Å²) >= 11 is 0. The van der Waals surface area contributed by atoms with E-state index in [0.29, 0.717) is 0 Å². The van der Waals surface area contributed by atoms with Crippen molar-refractivity contribution in [2.45, 2.75) is 55.4 Å². The maximum atomic E-state index is 3.99. The lowest BCUT2D eigenvalue weighted by molar-refractivity contribution is 1.34. The molecule has 0 amide bonds. The molecule has 0 nitrogen and oxygen atoms in total. The molecule has 0 bridgehead atoms. The fourth-order valence-electron chi connectivity index (χ4n) is 4.85. The third kappa shape index (κ3) is 4.10. The molecule has 0 atom stereocenters. The van der Waals surface area contributed by atoms with Crippen LogP contribution < -0.4 is 15.9 Å². The molecule has 0 aliphatic heterocycles. The summed E-state index contributed by atoms with van der Waals surface area (Å²) in [7, 11) is -0.647. The van der Waals surface area contributed by atoms with Crippen LogP contribution in [0.2, 0.25) is 0 Å². The summed E-state index contributed by atoms with van der Waals surface area (Å²) in [5.74, 6) is 0. The fourth-order valence-corrected chi connectivity index (χ4v) is 8.02. The van der Waals surface area contributed by atoms with Crippen molar-refractivity contribution in [2.24, 2.45) is 0 Å². The average Bonchev–Trinajstić information content (AvgIpc) is 2.58. The number of hydrogen-bond acceptors (Lipinski definition) is 0. The first-order valence-corrected chi connectivity index (χ1v) is 11.7. The molecule has 0 aliphatic carbocycles. The molecule has 0 aliphatic rings. The van der Waals surface area contributed by atoms with E-state index in [2.05, 4.69) is 98.4 Å². The van der Waals surface area contributed by atoms with Crippen LogP contribution in [0.1, 0.15) is 50.1 Å². The molecule has 0 radical (unpaired) electrons. The second-order valence-electron chi connectivity index (χ2n) is 8.54. The number of rotatable bonds is 4. The Bertz CT molecular complexity index is 975. The Hall–Kier alpha value is -2.17. The Kier molecular flexibility index (Phi) is 6.16. The molecule has 0 saturated carbocycles. The Morgan fingerprint density at radius 2 is 0.793 bits per heavy atom. The van der Waals surface area contributed by atoms with Gasteiger partial charge < -0.3 is 0 Å². The summed E-state index contributed by atoms with van der Waals surface area (Å²) in [6, 6.07) is 14.0. The first kappa shape index (κ1) is 21.5. The largest absolute Gasteiger partial charge is 0.0985 e. The van der Waals surface area contributed by atoms with Crippen molar-refractivity contribution >= 4 is 29.9 Å². The van der Waals surface area contributed by atoms with Gasteiger partial charge in [-0.3, -0.25) is 0 Å². The van der Waals surface area contributed by atoms with Gasteiger partial charge in [0.15, 0.2) is 0 Å². The normalized spacial score (nSPS) is 11.2. The van der Waals surface area contributed by atoms with E-state index in [9.17, 15) is 0 Å². The Balaban J connectivity index is 2.44. The molecule has 3 aromatic rings. The average molecular weight is 401 g/mol. The molecule has 0 unspecified atom stereocenters. The smallest absolute Gasteiger partial charge is 0.00919 e. The second kappa shape index (κ2) is 8.29. The molecule has 0 N–H and O–H groups in total. The maximum absolute atomic E-state index is 3.99. The van der Waals surface area contributed by atoms with E-state index in [1.165, 1.54) is 66.0 Å². The summed E-state index contributed by atoms with van der Waals surface area (Å²) in [6.45, 7) is 22.1. The van der Waals surface area contributed by atoms with Gasteiger partial charge in [0.2, 0.25) is 0 Å². The van der Waals surface area contributed by atoms with Crippen molar-refractivity contribution in [1.29, 1.82) is 0 Å². The second-order valence-corrected chi connectivity index (χ2v) is 10.5. The molecule has 0 saturated heterocycles. The highest BCUT2D eigenvalue weighted by molar-refractivity contribution is 7.80. The van der Waals surface area contributed by atoms with Crippen molar-refractivity contribution in [3.05, 3.63) is 93.0 Å². The molecule has 150 valence electrons. The topological polar surface area (TPSA) is 0 Å². The van der Waals surface area contributed by atoms with Crippen molar-refractivity contribution in [3.63, 3.8) is 0 Å². The van der Waals surface area contributed by atoms with Gasteiger partial charge in [0.25, 0.3) is 0 Å². The Morgan fingerprint density at radius 1 is 0.517 bits per heavy atom. The lowest BCUT2D eigenvalue weighted by Gasteiger charge is -2.30. The molecule has 0 fully saturated rings. The van der Waals surface area contributed by atoms with E-state index in [-0.39, 0.29) is 0 Å². The van der Waals surface area contributed by atoms with Gasteiger partial charge in [-0.05, 0) is 118 Å². The van der Waals surface area contributed by atoms with E-state index in [1.807, 2.05) is 6.08 Å². The molecule has 0 aromatic heterocycles. The Morgan fingerprint density at radius 3 is 1.07 bits per heavy atom. The molecule has 0 spiro atoms. The SMILES string of the molecule is C=Cc1cc(C)c(P(c2c(C)cc(C)cc2C)c2c(C)cc(C)cc2C)c(C)c1. The predicted molar refractivity (Wildman–Crippen MR) is 133 cm³/mol. The van der Waals surface area contributed by atoms with Crippen LogP contribution >= 0.6 is 7.92 Å². The van der Waals surface area contributed by atoms with Crippen molar-refractivity contribution in [1.82, 2.24) is 0 Å². The number of aryl methyl sites for hydroxylation is 8. The predicted octanol–water partition coefficient (Wildman–Crippen LogP) is 6.56. The van der Waals surface area contributed by atoms with Gasteiger partial charge in [-0.25, -0.2) is 0 Å². The molecule has 29 heavy (non-hydrogen) atoms. The third-order valence-corrected chi connectivity index (χ3v) is 9.15. The first-order chi connectivity index (χ1) is 13.6. The summed E-state index contributed by atoms with van der Waals surface area (Å²) in [6.07, 6.45) is 1.96. The first-order valence-electron chi connectivity index (χ1n) is 10.3. The highest BCUT2D eigenvalue weighted by Crippen LogP contribution is 2.40. The van der Waals surface area contributed by atoms with Crippen LogP contribution in [0.25, 0.3) is 6.08 Å². The van der Waals surface area contributed by atoms with Crippen LogP contribution in [0.15, 0.2) is 43.0 Å². The van der Waals surface area contributed by atoms with Gasteiger partial charge in [0.1, 0.15) is 0 Å². The maximum Gasteiger partial charge on any atom is -0.00919 e. The molecular weight excluding hydrogens is 367 g/mol. The quantitative estimate of drug-likeness (QED) is 0.435. The zero-order chi connectivity index (χ0) is 21.5. The van der Waals surface area contributed by atoms with E-state index in [1.54, 1.807) is 0 Å². The zero-order valence-corrected chi connectivity index (χ0v) is 20.1. The monoisotopic (exact) mass is 400 g/mol. The molecule has 1 heteroatoms.